The van der Waals surface area contributed by atoms with Crippen molar-refractivity contribution >= 4 is 21.8 Å². The summed E-state index contributed by atoms with van der Waals surface area (Å²) in [5, 5.41) is 7.04. The minimum absolute atomic E-state index is 0.00703. The lowest BCUT2D eigenvalue weighted by Crippen LogP contribution is -2.30. The van der Waals surface area contributed by atoms with Crippen LogP contribution in [0.5, 0.6) is 0 Å². The van der Waals surface area contributed by atoms with Crippen LogP contribution in [0.3, 0.4) is 0 Å². The highest BCUT2D eigenvalue weighted by molar-refractivity contribution is 9.10. The lowest BCUT2D eigenvalue weighted by molar-refractivity contribution is -0.122. The van der Waals surface area contributed by atoms with Crippen LogP contribution in [-0.4, -0.2) is 15.7 Å². The van der Waals surface area contributed by atoms with Crippen LogP contribution < -0.4 is 5.32 Å². The Kier molecular flexibility index (Phi) is 4.95. The molecule has 0 aliphatic carbocycles. The third-order valence-electron chi connectivity index (χ3n) is 3.17. The number of halogens is 1. The number of aromatic nitrogens is 2. The predicted octanol–water partition coefficient (Wildman–Crippen LogP) is 3.09. The Labute approximate surface area is 127 Å². The SMILES string of the molecule is CCc1ccc(C(C)NC(=O)Cn2cc(Br)cn2)cc1. The third kappa shape index (κ3) is 3.93. The summed E-state index contributed by atoms with van der Waals surface area (Å²) < 4.78 is 2.47. The first-order valence-electron chi connectivity index (χ1n) is 6.64. The summed E-state index contributed by atoms with van der Waals surface area (Å²) in [5.74, 6) is -0.0485. The molecule has 0 aliphatic rings. The molecule has 5 heteroatoms. The zero-order valence-electron chi connectivity index (χ0n) is 11.6. The van der Waals surface area contributed by atoms with E-state index >= 15 is 0 Å². The van der Waals surface area contributed by atoms with E-state index in [-0.39, 0.29) is 18.5 Å². The third-order valence-corrected chi connectivity index (χ3v) is 3.58. The molecule has 1 aromatic heterocycles. The molecule has 1 aromatic carbocycles. The molecule has 0 saturated carbocycles. The normalized spacial score (nSPS) is 12.2. The van der Waals surface area contributed by atoms with Crippen molar-refractivity contribution in [2.45, 2.75) is 32.9 Å². The molecule has 0 bridgehead atoms. The van der Waals surface area contributed by atoms with Gasteiger partial charge in [-0.2, -0.15) is 5.10 Å². The molecule has 1 N–H and O–H groups in total. The Bertz CT molecular complexity index is 577. The fraction of sp³-hybridized carbons (Fsp3) is 0.333. The molecule has 1 atom stereocenters. The van der Waals surface area contributed by atoms with Crippen molar-refractivity contribution in [2.75, 3.05) is 0 Å². The number of nitrogens with one attached hydrogen (secondary N) is 1. The van der Waals surface area contributed by atoms with Crippen LogP contribution >= 0.6 is 15.9 Å². The van der Waals surface area contributed by atoms with E-state index < -0.39 is 0 Å². The number of aryl methyl sites for hydroxylation is 1. The summed E-state index contributed by atoms with van der Waals surface area (Å²) in [6.07, 6.45) is 4.47. The molecule has 0 spiro atoms. The maximum Gasteiger partial charge on any atom is 0.242 e. The quantitative estimate of drug-likeness (QED) is 0.912. The second-order valence-corrected chi connectivity index (χ2v) is 5.66. The first kappa shape index (κ1) is 14.8. The lowest BCUT2D eigenvalue weighted by Gasteiger charge is -2.14. The van der Waals surface area contributed by atoms with Crippen molar-refractivity contribution in [2.24, 2.45) is 0 Å². The van der Waals surface area contributed by atoms with Crippen molar-refractivity contribution in [3.63, 3.8) is 0 Å². The molecule has 1 heterocycles. The zero-order valence-corrected chi connectivity index (χ0v) is 13.2. The molecule has 1 amide bonds. The van der Waals surface area contributed by atoms with Gasteiger partial charge < -0.3 is 5.32 Å². The van der Waals surface area contributed by atoms with Crippen LogP contribution in [-0.2, 0) is 17.8 Å². The van der Waals surface area contributed by atoms with Crippen LogP contribution in [0.2, 0.25) is 0 Å². The summed E-state index contributed by atoms with van der Waals surface area (Å²) in [7, 11) is 0. The van der Waals surface area contributed by atoms with Gasteiger partial charge in [0.25, 0.3) is 0 Å². The molecule has 20 heavy (non-hydrogen) atoms. The van der Waals surface area contributed by atoms with E-state index in [2.05, 4.69) is 57.5 Å². The fourth-order valence-corrected chi connectivity index (χ4v) is 2.31. The van der Waals surface area contributed by atoms with Gasteiger partial charge in [0.15, 0.2) is 0 Å². The molecular formula is C15H18BrN3O. The van der Waals surface area contributed by atoms with E-state index in [9.17, 15) is 4.79 Å². The molecule has 1 unspecified atom stereocenters. The highest BCUT2D eigenvalue weighted by atomic mass is 79.9. The van der Waals surface area contributed by atoms with Crippen LogP contribution in [0.15, 0.2) is 41.1 Å². The van der Waals surface area contributed by atoms with Crippen molar-refractivity contribution in [1.82, 2.24) is 15.1 Å². The summed E-state index contributed by atoms with van der Waals surface area (Å²) in [6, 6.07) is 8.32. The average Bonchev–Trinajstić information content (AvgIpc) is 2.84. The molecule has 0 saturated heterocycles. The van der Waals surface area contributed by atoms with Crippen LogP contribution in [0, 0.1) is 0 Å². The minimum Gasteiger partial charge on any atom is -0.348 e. The molecule has 106 valence electrons. The smallest absolute Gasteiger partial charge is 0.242 e. The molecule has 0 fully saturated rings. The van der Waals surface area contributed by atoms with Gasteiger partial charge >= 0.3 is 0 Å². The number of carbonyl (C=O) groups excluding carboxylic acids is 1. The zero-order chi connectivity index (χ0) is 14.5. The maximum absolute atomic E-state index is 11.9. The maximum atomic E-state index is 11.9. The largest absolute Gasteiger partial charge is 0.348 e. The van der Waals surface area contributed by atoms with Crippen molar-refractivity contribution in [3.8, 4) is 0 Å². The van der Waals surface area contributed by atoms with Crippen molar-refractivity contribution in [3.05, 3.63) is 52.3 Å². The molecule has 0 radical (unpaired) electrons. The van der Waals surface area contributed by atoms with Crippen LogP contribution in [0.4, 0.5) is 0 Å². The monoisotopic (exact) mass is 335 g/mol. The predicted molar refractivity (Wildman–Crippen MR) is 82.3 cm³/mol. The second-order valence-electron chi connectivity index (χ2n) is 4.74. The van der Waals surface area contributed by atoms with Gasteiger partial charge in [-0.15, -0.1) is 0 Å². The van der Waals surface area contributed by atoms with Gasteiger partial charge in [0.1, 0.15) is 6.54 Å². The number of amides is 1. The van der Waals surface area contributed by atoms with Crippen molar-refractivity contribution < 1.29 is 4.79 Å². The minimum atomic E-state index is -0.0485. The van der Waals surface area contributed by atoms with Gasteiger partial charge in [0.05, 0.1) is 16.7 Å². The highest BCUT2D eigenvalue weighted by Crippen LogP contribution is 2.14. The number of benzene rings is 1. The highest BCUT2D eigenvalue weighted by Gasteiger charge is 2.10. The Morgan fingerprint density at radius 1 is 1.40 bits per heavy atom. The van der Waals surface area contributed by atoms with Gasteiger partial charge in [-0.25, -0.2) is 0 Å². The summed E-state index contributed by atoms with van der Waals surface area (Å²) in [4.78, 5) is 11.9. The number of hydrogen-bond donors (Lipinski definition) is 1. The topological polar surface area (TPSA) is 46.9 Å². The second kappa shape index (κ2) is 6.70. The van der Waals surface area contributed by atoms with E-state index in [4.69, 9.17) is 0 Å². The summed E-state index contributed by atoms with van der Waals surface area (Å²) >= 11 is 3.31. The Morgan fingerprint density at radius 2 is 2.10 bits per heavy atom. The van der Waals surface area contributed by atoms with E-state index in [1.54, 1.807) is 17.1 Å². The van der Waals surface area contributed by atoms with Gasteiger partial charge in [0.2, 0.25) is 5.91 Å². The number of rotatable bonds is 5. The molecule has 0 aliphatic heterocycles. The standard InChI is InChI=1S/C15H18BrN3O/c1-3-12-4-6-13(7-5-12)11(2)18-15(20)10-19-9-14(16)8-17-19/h4-9,11H,3,10H2,1-2H3,(H,18,20). The van der Waals surface area contributed by atoms with E-state index in [0.29, 0.717) is 0 Å². The van der Waals surface area contributed by atoms with Gasteiger partial charge in [-0.3, -0.25) is 9.48 Å². The number of hydrogen-bond acceptors (Lipinski definition) is 2. The number of nitrogens with zero attached hydrogens (tertiary/aromatic N) is 2. The van der Waals surface area contributed by atoms with E-state index in [0.717, 1.165) is 16.5 Å². The summed E-state index contributed by atoms with van der Waals surface area (Å²) in [6.45, 7) is 4.34. The van der Waals surface area contributed by atoms with Crippen molar-refractivity contribution in [1.29, 1.82) is 0 Å². The van der Waals surface area contributed by atoms with Gasteiger partial charge in [-0.05, 0) is 40.4 Å². The molecule has 2 rings (SSSR count). The lowest BCUT2D eigenvalue weighted by atomic mass is 10.1. The van der Waals surface area contributed by atoms with Crippen LogP contribution in [0.1, 0.15) is 31.0 Å². The average molecular weight is 336 g/mol. The van der Waals surface area contributed by atoms with Gasteiger partial charge in [-0.1, -0.05) is 31.2 Å². The van der Waals surface area contributed by atoms with E-state index in [1.165, 1.54) is 5.56 Å². The fourth-order valence-electron chi connectivity index (χ4n) is 1.98. The number of carbonyl (C=O) groups is 1. The first-order valence-corrected chi connectivity index (χ1v) is 7.44. The Hall–Kier alpha value is -1.62. The van der Waals surface area contributed by atoms with Gasteiger partial charge in [0, 0.05) is 6.20 Å². The van der Waals surface area contributed by atoms with Crippen LogP contribution in [0.25, 0.3) is 0 Å². The first-order chi connectivity index (χ1) is 9.58. The molecule has 2 aromatic rings. The van der Waals surface area contributed by atoms with E-state index in [1.807, 2.05) is 6.92 Å². The molecule has 4 nitrogen and oxygen atoms in total. The molecular weight excluding hydrogens is 318 g/mol. The Balaban J connectivity index is 1.92. The Morgan fingerprint density at radius 3 is 2.65 bits per heavy atom. The summed E-state index contributed by atoms with van der Waals surface area (Å²) in [5.41, 5.74) is 2.41.